The van der Waals surface area contributed by atoms with E-state index in [9.17, 15) is 0 Å². The van der Waals surface area contributed by atoms with E-state index in [2.05, 4.69) is 51.1 Å². The minimum atomic E-state index is 0.747. The number of methoxy groups -OCH3 is 1. The quantitative estimate of drug-likeness (QED) is 0.586. The van der Waals surface area contributed by atoms with Crippen LogP contribution in [0.3, 0.4) is 0 Å². The van der Waals surface area contributed by atoms with Crippen LogP contribution in [-0.4, -0.2) is 21.6 Å². The molecule has 0 aliphatic carbocycles. The van der Waals surface area contributed by atoms with E-state index >= 15 is 0 Å². The molecule has 4 nitrogen and oxygen atoms in total. The lowest BCUT2D eigenvalue weighted by molar-refractivity contribution is 0.409. The van der Waals surface area contributed by atoms with E-state index < -0.39 is 0 Å². The predicted octanol–water partition coefficient (Wildman–Crippen LogP) is 4.02. The number of aromatic nitrogens is 3. The number of hydrogen-bond donors (Lipinski definition) is 2. The standard InChI is InChI=1S/C18H17N3O/c1-22-18-11-15(14-6-4-9-19-14)20-16(18)12-21-10-8-13-5-2-3-7-17(13)21/h2-11,19-20H,12H2,1H3. The topological polar surface area (TPSA) is 45.7 Å². The molecule has 4 heteroatoms. The number of hydrogen-bond acceptors (Lipinski definition) is 1. The summed E-state index contributed by atoms with van der Waals surface area (Å²) < 4.78 is 7.75. The third kappa shape index (κ3) is 2.09. The molecule has 2 N–H and O–H groups in total. The molecule has 0 aliphatic heterocycles. The zero-order chi connectivity index (χ0) is 14.9. The third-order valence-corrected chi connectivity index (χ3v) is 3.98. The highest BCUT2D eigenvalue weighted by Crippen LogP contribution is 2.28. The SMILES string of the molecule is COc1cc(-c2ccc[nH]2)[nH]c1Cn1ccc2ccccc21. The van der Waals surface area contributed by atoms with E-state index in [1.54, 1.807) is 7.11 Å². The minimum absolute atomic E-state index is 0.747. The summed E-state index contributed by atoms with van der Waals surface area (Å²) in [5.41, 5.74) is 4.38. The van der Waals surface area contributed by atoms with Crippen LogP contribution >= 0.6 is 0 Å². The summed E-state index contributed by atoms with van der Waals surface area (Å²) in [7, 11) is 1.71. The molecule has 0 spiro atoms. The van der Waals surface area contributed by atoms with Gasteiger partial charge in [-0.1, -0.05) is 18.2 Å². The van der Waals surface area contributed by atoms with E-state index in [4.69, 9.17) is 4.74 Å². The maximum atomic E-state index is 5.53. The van der Waals surface area contributed by atoms with Crippen molar-refractivity contribution in [2.24, 2.45) is 0 Å². The van der Waals surface area contributed by atoms with Gasteiger partial charge >= 0.3 is 0 Å². The monoisotopic (exact) mass is 291 g/mol. The van der Waals surface area contributed by atoms with E-state index in [0.29, 0.717) is 0 Å². The first-order valence-corrected chi connectivity index (χ1v) is 7.28. The highest BCUT2D eigenvalue weighted by atomic mass is 16.5. The van der Waals surface area contributed by atoms with Gasteiger partial charge in [0.2, 0.25) is 0 Å². The Hall–Kier alpha value is -2.88. The number of rotatable bonds is 4. The number of nitrogens with one attached hydrogen (secondary N) is 2. The molecule has 0 unspecified atom stereocenters. The summed E-state index contributed by atoms with van der Waals surface area (Å²) >= 11 is 0. The highest BCUT2D eigenvalue weighted by molar-refractivity contribution is 5.80. The van der Waals surface area contributed by atoms with Gasteiger partial charge in [-0.3, -0.25) is 0 Å². The zero-order valence-electron chi connectivity index (χ0n) is 12.3. The molecule has 0 aliphatic rings. The summed E-state index contributed by atoms with van der Waals surface area (Å²) in [6.45, 7) is 0.747. The fourth-order valence-electron chi connectivity index (χ4n) is 2.87. The Balaban J connectivity index is 1.73. The maximum Gasteiger partial charge on any atom is 0.142 e. The van der Waals surface area contributed by atoms with Gasteiger partial charge in [0.1, 0.15) is 5.75 Å². The first kappa shape index (κ1) is 12.8. The van der Waals surface area contributed by atoms with Crippen molar-refractivity contribution >= 4 is 10.9 Å². The second-order valence-electron chi connectivity index (χ2n) is 5.32. The van der Waals surface area contributed by atoms with Crippen molar-refractivity contribution in [1.82, 2.24) is 14.5 Å². The van der Waals surface area contributed by atoms with E-state index in [1.807, 2.05) is 24.4 Å². The number of para-hydroxylation sites is 1. The van der Waals surface area contributed by atoms with Gasteiger partial charge in [0.05, 0.1) is 30.7 Å². The molecule has 4 aromatic rings. The van der Waals surface area contributed by atoms with Gasteiger partial charge in [-0.25, -0.2) is 0 Å². The lowest BCUT2D eigenvalue weighted by atomic mass is 10.2. The first-order chi connectivity index (χ1) is 10.8. The van der Waals surface area contributed by atoms with Crippen molar-refractivity contribution in [3.63, 3.8) is 0 Å². The average molecular weight is 291 g/mol. The lowest BCUT2D eigenvalue weighted by Crippen LogP contribution is -2.00. The molecule has 0 radical (unpaired) electrons. The van der Waals surface area contributed by atoms with Crippen LogP contribution in [-0.2, 0) is 6.54 Å². The van der Waals surface area contributed by atoms with E-state index in [-0.39, 0.29) is 0 Å². The van der Waals surface area contributed by atoms with Gasteiger partial charge in [-0.05, 0) is 29.7 Å². The summed E-state index contributed by atoms with van der Waals surface area (Å²) in [5.74, 6) is 0.877. The van der Waals surface area contributed by atoms with Crippen molar-refractivity contribution < 1.29 is 4.74 Å². The maximum absolute atomic E-state index is 5.53. The van der Waals surface area contributed by atoms with Crippen LogP contribution in [0.25, 0.3) is 22.3 Å². The molecule has 4 rings (SSSR count). The van der Waals surface area contributed by atoms with Crippen LogP contribution in [0.1, 0.15) is 5.69 Å². The van der Waals surface area contributed by atoms with Crippen LogP contribution in [0.15, 0.2) is 60.9 Å². The van der Waals surface area contributed by atoms with Crippen molar-refractivity contribution in [1.29, 1.82) is 0 Å². The Kier molecular flexibility index (Phi) is 3.00. The fraction of sp³-hybridized carbons (Fsp3) is 0.111. The van der Waals surface area contributed by atoms with Gasteiger partial charge in [-0.15, -0.1) is 0 Å². The Labute approximate surface area is 128 Å². The minimum Gasteiger partial charge on any atom is -0.495 e. The Bertz CT molecular complexity index is 900. The second kappa shape index (κ2) is 5.15. The van der Waals surface area contributed by atoms with Gasteiger partial charge in [0, 0.05) is 24.0 Å². The highest BCUT2D eigenvalue weighted by Gasteiger charge is 2.12. The molecule has 0 atom stereocenters. The van der Waals surface area contributed by atoms with Crippen molar-refractivity contribution in [2.45, 2.75) is 6.54 Å². The van der Waals surface area contributed by atoms with E-state index in [1.165, 1.54) is 10.9 Å². The summed E-state index contributed by atoms with van der Waals surface area (Å²) in [4.78, 5) is 6.67. The first-order valence-electron chi connectivity index (χ1n) is 7.28. The largest absolute Gasteiger partial charge is 0.495 e. The molecule has 3 heterocycles. The number of ether oxygens (including phenoxy) is 1. The summed E-state index contributed by atoms with van der Waals surface area (Å²) in [5, 5.41) is 1.25. The zero-order valence-corrected chi connectivity index (χ0v) is 12.3. The van der Waals surface area contributed by atoms with Crippen LogP contribution < -0.4 is 4.74 Å². The smallest absolute Gasteiger partial charge is 0.142 e. The van der Waals surface area contributed by atoms with Crippen LogP contribution in [0.5, 0.6) is 5.75 Å². The molecule has 0 amide bonds. The van der Waals surface area contributed by atoms with Crippen LogP contribution in [0, 0.1) is 0 Å². The van der Waals surface area contributed by atoms with Gasteiger partial charge in [0.25, 0.3) is 0 Å². The molecular weight excluding hydrogens is 274 g/mol. The number of aromatic amines is 2. The molecule has 0 bridgehead atoms. The molecule has 0 saturated carbocycles. The molecular formula is C18H17N3O. The van der Waals surface area contributed by atoms with Gasteiger partial charge < -0.3 is 19.3 Å². The van der Waals surface area contributed by atoms with Crippen molar-refractivity contribution in [3.05, 3.63) is 66.6 Å². The van der Waals surface area contributed by atoms with Crippen molar-refractivity contribution in [3.8, 4) is 17.1 Å². The molecule has 1 aromatic carbocycles. The molecule has 0 fully saturated rings. The normalized spacial score (nSPS) is 11.1. The third-order valence-electron chi connectivity index (χ3n) is 3.98. The van der Waals surface area contributed by atoms with Gasteiger partial charge in [-0.2, -0.15) is 0 Å². The number of benzene rings is 1. The number of nitrogens with zero attached hydrogens (tertiary/aromatic N) is 1. The van der Waals surface area contributed by atoms with Crippen LogP contribution in [0.2, 0.25) is 0 Å². The molecule has 110 valence electrons. The summed E-state index contributed by atoms with van der Waals surface area (Å²) in [6, 6.07) is 16.6. The van der Waals surface area contributed by atoms with Crippen molar-refractivity contribution in [2.75, 3.05) is 7.11 Å². The molecule has 0 saturated heterocycles. The second-order valence-corrected chi connectivity index (χ2v) is 5.32. The Morgan fingerprint density at radius 2 is 1.95 bits per heavy atom. The molecule has 22 heavy (non-hydrogen) atoms. The predicted molar refractivity (Wildman–Crippen MR) is 88.2 cm³/mol. The van der Waals surface area contributed by atoms with Crippen LogP contribution in [0.4, 0.5) is 0 Å². The lowest BCUT2D eigenvalue weighted by Gasteiger charge is -2.06. The van der Waals surface area contributed by atoms with Gasteiger partial charge in [0.15, 0.2) is 0 Å². The Morgan fingerprint density at radius 1 is 1.05 bits per heavy atom. The number of fused-ring (bicyclic) bond motifs is 1. The Morgan fingerprint density at radius 3 is 2.77 bits per heavy atom. The molecule has 3 aromatic heterocycles. The summed E-state index contributed by atoms with van der Waals surface area (Å²) in [6.07, 6.45) is 4.03. The average Bonchev–Trinajstić information content (AvgIpc) is 3.27. The fourth-order valence-corrected chi connectivity index (χ4v) is 2.87. The number of H-pyrrole nitrogens is 2. The van der Waals surface area contributed by atoms with E-state index in [0.717, 1.165) is 29.4 Å².